The molecule has 0 amide bonds. The summed E-state index contributed by atoms with van der Waals surface area (Å²) in [6, 6.07) is 15.8. The van der Waals surface area contributed by atoms with Crippen LogP contribution in [0.3, 0.4) is 0 Å². The highest BCUT2D eigenvalue weighted by atomic mass is 32.2. The standard InChI is InChI=1S/C25H25F3N3O2S/c1-29(34(32,33)25(26,27)28)24-20(16-30-14-12-18-6-2-4-8-22(18)30)10-11-21(24)17-31-15-13-19-7-3-5-9-23(19)31/h2-9,16-17H,10-15H2,1H3/q+1. The van der Waals surface area contributed by atoms with Gasteiger partial charge in [0, 0.05) is 48.0 Å². The van der Waals surface area contributed by atoms with Gasteiger partial charge in [-0.05, 0) is 48.9 Å². The van der Waals surface area contributed by atoms with Crippen LogP contribution in [0, 0.1) is 0 Å². The number of halogens is 3. The number of hydrogen-bond donors (Lipinski definition) is 0. The zero-order valence-corrected chi connectivity index (χ0v) is 19.5. The third kappa shape index (κ3) is 3.81. The highest BCUT2D eigenvalue weighted by Gasteiger charge is 2.55. The molecule has 0 N–H and O–H groups in total. The van der Waals surface area contributed by atoms with Gasteiger partial charge in [-0.3, -0.25) is 0 Å². The Morgan fingerprint density at radius 3 is 1.68 bits per heavy atom. The zero-order chi connectivity index (χ0) is 24.1. The molecule has 5 rings (SSSR count). The van der Waals surface area contributed by atoms with E-state index in [0.717, 1.165) is 31.3 Å². The van der Waals surface area contributed by atoms with Crippen LogP contribution in [0.2, 0.25) is 0 Å². The first-order chi connectivity index (χ1) is 16.2. The minimum atomic E-state index is -5.54. The van der Waals surface area contributed by atoms with E-state index in [-0.39, 0.29) is 5.71 Å². The maximum absolute atomic E-state index is 13.5. The van der Waals surface area contributed by atoms with E-state index < -0.39 is 15.5 Å². The summed E-state index contributed by atoms with van der Waals surface area (Å²) >= 11 is 0. The molecule has 34 heavy (non-hydrogen) atoms. The summed E-state index contributed by atoms with van der Waals surface area (Å²) in [5.74, 6) is 0. The molecule has 178 valence electrons. The van der Waals surface area contributed by atoms with Crippen molar-refractivity contribution in [2.75, 3.05) is 29.9 Å². The van der Waals surface area contributed by atoms with E-state index in [4.69, 9.17) is 0 Å². The number of nitrogens with zero attached hydrogens (tertiary/aromatic N) is 3. The minimum Gasteiger partial charge on any atom is -0.347 e. The SMILES string of the molecule is C[N+](=C1C(=CN2CCc3ccccc32)CCC1=CN1CCc2ccccc21)S(=O)(=O)C(F)(F)F. The van der Waals surface area contributed by atoms with Gasteiger partial charge in [-0.25, -0.2) is 0 Å². The topological polar surface area (TPSA) is 43.6 Å². The van der Waals surface area contributed by atoms with Crippen molar-refractivity contribution >= 4 is 27.1 Å². The van der Waals surface area contributed by atoms with Gasteiger partial charge in [0.2, 0.25) is 5.71 Å². The molecule has 5 nitrogen and oxygen atoms in total. The van der Waals surface area contributed by atoms with Gasteiger partial charge < -0.3 is 9.80 Å². The summed E-state index contributed by atoms with van der Waals surface area (Å²) in [4.78, 5) is 4.01. The largest absolute Gasteiger partial charge is 0.560 e. The molecule has 2 heterocycles. The van der Waals surface area contributed by atoms with Crippen LogP contribution < -0.4 is 9.80 Å². The molecule has 2 aromatic carbocycles. The second-order valence-corrected chi connectivity index (χ2v) is 10.7. The van der Waals surface area contributed by atoms with E-state index in [9.17, 15) is 21.6 Å². The lowest BCUT2D eigenvalue weighted by atomic mass is 10.1. The third-order valence-corrected chi connectivity index (χ3v) is 8.20. The first-order valence-corrected chi connectivity index (χ1v) is 12.6. The van der Waals surface area contributed by atoms with Crippen LogP contribution in [0.15, 0.2) is 72.1 Å². The fraction of sp³-hybridized carbons (Fsp3) is 0.320. The van der Waals surface area contributed by atoms with Gasteiger partial charge in [-0.2, -0.15) is 21.6 Å². The molecular weight excluding hydrogens is 463 g/mol. The molecule has 1 aliphatic carbocycles. The van der Waals surface area contributed by atoms with Gasteiger partial charge in [0.25, 0.3) is 0 Å². The molecule has 0 unspecified atom stereocenters. The number of hydrogen-bond acceptors (Lipinski definition) is 4. The number of rotatable bonds is 3. The Kier molecular flexibility index (Phi) is 5.55. The van der Waals surface area contributed by atoms with Crippen LogP contribution in [0.5, 0.6) is 0 Å². The Balaban J connectivity index is 1.61. The predicted molar refractivity (Wildman–Crippen MR) is 127 cm³/mol. The van der Waals surface area contributed by atoms with E-state index in [2.05, 4.69) is 0 Å². The zero-order valence-electron chi connectivity index (χ0n) is 18.7. The Bertz CT molecular complexity index is 1270. The van der Waals surface area contributed by atoms with Gasteiger partial charge in [0.05, 0.1) is 0 Å². The summed E-state index contributed by atoms with van der Waals surface area (Å²) in [6.45, 7) is 1.40. The molecule has 0 saturated heterocycles. The number of sulfonamides is 1. The average Bonchev–Trinajstić information content (AvgIpc) is 3.51. The number of benzene rings is 2. The van der Waals surface area contributed by atoms with E-state index in [1.165, 1.54) is 11.1 Å². The van der Waals surface area contributed by atoms with Crippen molar-refractivity contribution in [3.05, 3.63) is 83.2 Å². The highest BCUT2D eigenvalue weighted by molar-refractivity contribution is 7.86. The van der Waals surface area contributed by atoms with Crippen LogP contribution in [0.4, 0.5) is 24.5 Å². The van der Waals surface area contributed by atoms with Crippen molar-refractivity contribution in [1.82, 2.24) is 0 Å². The smallest absolute Gasteiger partial charge is 0.347 e. The lowest BCUT2D eigenvalue weighted by Crippen LogP contribution is -2.36. The molecule has 2 aromatic rings. The van der Waals surface area contributed by atoms with Crippen LogP contribution in [0.1, 0.15) is 24.0 Å². The van der Waals surface area contributed by atoms with E-state index in [1.54, 1.807) is 0 Å². The molecule has 0 aromatic heterocycles. The van der Waals surface area contributed by atoms with Crippen molar-refractivity contribution in [3.63, 3.8) is 0 Å². The lowest BCUT2D eigenvalue weighted by Gasteiger charge is -2.17. The number of alkyl halides is 3. The summed E-state index contributed by atoms with van der Waals surface area (Å²) < 4.78 is 65.7. The number of para-hydroxylation sites is 2. The summed E-state index contributed by atoms with van der Waals surface area (Å²) in [7, 11) is -4.54. The predicted octanol–water partition coefficient (Wildman–Crippen LogP) is 4.61. The van der Waals surface area contributed by atoms with Crippen LogP contribution in [0.25, 0.3) is 0 Å². The van der Waals surface area contributed by atoms with Crippen molar-refractivity contribution in [2.45, 2.75) is 31.2 Å². The van der Waals surface area contributed by atoms with Crippen molar-refractivity contribution in [3.8, 4) is 0 Å². The molecule has 2 aliphatic heterocycles. The van der Waals surface area contributed by atoms with E-state index >= 15 is 0 Å². The summed E-state index contributed by atoms with van der Waals surface area (Å²) in [5, 5.41) is 0. The maximum Gasteiger partial charge on any atom is 0.560 e. The van der Waals surface area contributed by atoms with Crippen LogP contribution in [-0.4, -0.2) is 43.8 Å². The Hall–Kier alpha value is -3.07. The van der Waals surface area contributed by atoms with Crippen LogP contribution >= 0.6 is 0 Å². The fourth-order valence-electron chi connectivity index (χ4n) is 5.02. The van der Waals surface area contributed by atoms with Crippen molar-refractivity contribution < 1.29 is 25.6 Å². The van der Waals surface area contributed by atoms with Gasteiger partial charge in [-0.1, -0.05) is 36.4 Å². The lowest BCUT2D eigenvalue weighted by molar-refractivity contribution is -0.340. The third-order valence-electron chi connectivity index (χ3n) is 6.71. The van der Waals surface area contributed by atoms with Crippen molar-refractivity contribution in [1.29, 1.82) is 0 Å². The molecule has 3 aliphatic rings. The quantitative estimate of drug-likeness (QED) is 0.592. The molecule has 1 fully saturated rings. The number of anilines is 2. The normalized spacial score (nSPS) is 20.4. The molecule has 0 bridgehead atoms. The van der Waals surface area contributed by atoms with Crippen LogP contribution in [-0.2, 0) is 22.9 Å². The monoisotopic (exact) mass is 488 g/mol. The number of allylic oxidation sites excluding steroid dienone is 2. The molecule has 0 atom stereocenters. The molecular formula is C25H25F3N3O2S+. The van der Waals surface area contributed by atoms with E-state index in [0.29, 0.717) is 41.1 Å². The molecule has 0 radical (unpaired) electrons. The first kappa shape index (κ1) is 22.7. The van der Waals surface area contributed by atoms with Gasteiger partial charge in [-0.15, -0.1) is 3.98 Å². The van der Waals surface area contributed by atoms with Gasteiger partial charge >= 0.3 is 15.5 Å². The fourth-order valence-corrected chi connectivity index (χ4v) is 5.80. The molecule has 9 heteroatoms. The van der Waals surface area contributed by atoms with Gasteiger partial charge in [0.1, 0.15) is 0 Å². The molecule has 0 spiro atoms. The molecule has 1 saturated carbocycles. The highest BCUT2D eigenvalue weighted by Crippen LogP contribution is 2.36. The van der Waals surface area contributed by atoms with Gasteiger partial charge in [0.15, 0.2) is 7.05 Å². The maximum atomic E-state index is 13.5. The summed E-state index contributed by atoms with van der Waals surface area (Å²) in [6.07, 6.45) is 6.24. The second-order valence-electron chi connectivity index (χ2n) is 8.72. The first-order valence-electron chi connectivity index (χ1n) is 11.2. The van der Waals surface area contributed by atoms with E-state index in [1.807, 2.05) is 70.7 Å². The minimum absolute atomic E-state index is 0.117. The summed E-state index contributed by atoms with van der Waals surface area (Å²) in [5.41, 5.74) is 0.249. The Morgan fingerprint density at radius 2 is 1.24 bits per heavy atom. The van der Waals surface area contributed by atoms with Crippen molar-refractivity contribution in [2.24, 2.45) is 0 Å². The Morgan fingerprint density at radius 1 is 0.794 bits per heavy atom. The Labute approximate surface area is 197 Å². The second kappa shape index (κ2) is 8.30. The average molecular weight is 489 g/mol. The number of fused-ring (bicyclic) bond motifs is 2.